The molecule has 0 aliphatic carbocycles. The molecule has 17 nitrogen and oxygen atoms in total. The van der Waals surface area contributed by atoms with Gasteiger partial charge in [0.2, 0.25) is 0 Å². The maximum atomic E-state index is 13.2. The van der Waals surface area contributed by atoms with Crippen LogP contribution < -0.4 is 0 Å². The van der Waals surface area contributed by atoms with Gasteiger partial charge in [-0.05, 0) is 180 Å². The van der Waals surface area contributed by atoms with Crippen LogP contribution in [0.1, 0.15) is 310 Å². The first-order chi connectivity index (χ1) is 54.7. The van der Waals surface area contributed by atoms with E-state index in [1.165, 1.54) is 38.5 Å². The number of hydrogen-bond donors (Lipinski definition) is 3. The Balaban J connectivity index is 5.53. The molecule has 0 radical (unpaired) electrons. The Morgan fingerprint density at radius 2 is 0.473 bits per heavy atom. The molecule has 0 aromatic heterocycles. The molecular formula is C93H150O17P2. The number of aliphatic hydroxyl groups excluding tert-OH is 1. The lowest BCUT2D eigenvalue weighted by atomic mass is 10.1. The van der Waals surface area contributed by atoms with Crippen molar-refractivity contribution < 1.29 is 80.2 Å². The molecule has 634 valence electrons. The van der Waals surface area contributed by atoms with Crippen LogP contribution >= 0.6 is 15.6 Å². The van der Waals surface area contributed by atoms with E-state index in [4.69, 9.17) is 37.0 Å². The zero-order valence-corrected chi connectivity index (χ0v) is 71.3. The number of esters is 4. The highest BCUT2D eigenvalue weighted by Crippen LogP contribution is 2.45. The lowest BCUT2D eigenvalue weighted by Crippen LogP contribution is -2.30. The second-order valence-electron chi connectivity index (χ2n) is 27.6. The van der Waals surface area contributed by atoms with E-state index < -0.39 is 97.5 Å². The van der Waals surface area contributed by atoms with Gasteiger partial charge in [0.1, 0.15) is 19.3 Å². The van der Waals surface area contributed by atoms with Crippen LogP contribution in [0.15, 0.2) is 194 Å². The number of carbonyl (C=O) groups excluding carboxylic acids is 4. The molecule has 0 bridgehead atoms. The van der Waals surface area contributed by atoms with Gasteiger partial charge in [-0.3, -0.25) is 37.3 Å². The molecule has 0 aromatic rings. The number of rotatable bonds is 78. The van der Waals surface area contributed by atoms with E-state index >= 15 is 0 Å². The normalized spacial score (nSPS) is 14.7. The molecule has 5 atom stereocenters. The number of ether oxygens (including phenoxy) is 4. The van der Waals surface area contributed by atoms with E-state index in [2.05, 4.69) is 198 Å². The van der Waals surface area contributed by atoms with Crippen molar-refractivity contribution in [1.29, 1.82) is 0 Å². The molecule has 5 unspecified atom stereocenters. The van der Waals surface area contributed by atoms with Crippen LogP contribution in [0.5, 0.6) is 0 Å². The summed E-state index contributed by atoms with van der Waals surface area (Å²) in [7, 11) is -10.0. The van der Waals surface area contributed by atoms with Crippen LogP contribution in [0.3, 0.4) is 0 Å². The van der Waals surface area contributed by atoms with Crippen LogP contribution in [0.2, 0.25) is 0 Å². The van der Waals surface area contributed by atoms with Gasteiger partial charge in [0.05, 0.1) is 26.4 Å². The summed E-state index contributed by atoms with van der Waals surface area (Å²) in [5, 5.41) is 10.7. The molecule has 112 heavy (non-hydrogen) atoms. The van der Waals surface area contributed by atoms with Crippen LogP contribution in [0, 0.1) is 0 Å². The van der Waals surface area contributed by atoms with Crippen molar-refractivity contribution >= 4 is 39.5 Å². The van der Waals surface area contributed by atoms with Gasteiger partial charge in [-0.2, -0.15) is 0 Å². The van der Waals surface area contributed by atoms with Crippen molar-refractivity contribution in [1.82, 2.24) is 0 Å². The third-order valence-corrected chi connectivity index (χ3v) is 18.9. The van der Waals surface area contributed by atoms with Crippen molar-refractivity contribution in [3.8, 4) is 0 Å². The fraction of sp³-hybridized carbons (Fsp3) is 0.613. The summed E-state index contributed by atoms with van der Waals surface area (Å²) >= 11 is 0. The number of phosphoric acid groups is 2. The van der Waals surface area contributed by atoms with Crippen LogP contribution in [-0.4, -0.2) is 96.7 Å². The molecule has 0 spiro atoms. The summed E-state index contributed by atoms with van der Waals surface area (Å²) in [5.74, 6) is -2.35. The maximum Gasteiger partial charge on any atom is 0.472 e. The second kappa shape index (κ2) is 82.9. The summed E-state index contributed by atoms with van der Waals surface area (Å²) in [6.07, 6.45) is 103. The highest BCUT2D eigenvalue weighted by atomic mass is 31.2. The lowest BCUT2D eigenvalue weighted by Gasteiger charge is -2.21. The highest BCUT2D eigenvalue weighted by molar-refractivity contribution is 7.47. The first-order valence-corrected chi connectivity index (χ1v) is 45.7. The Bertz CT molecular complexity index is 2890. The minimum absolute atomic E-state index is 0.00387. The van der Waals surface area contributed by atoms with E-state index in [9.17, 15) is 43.2 Å². The third-order valence-electron chi connectivity index (χ3n) is 17.0. The molecule has 0 fully saturated rings. The molecule has 0 aliphatic rings. The van der Waals surface area contributed by atoms with Gasteiger partial charge in [-0.15, -0.1) is 0 Å². The Kier molecular flexibility index (Phi) is 78.4. The topological polar surface area (TPSA) is 237 Å². The molecule has 0 aliphatic heterocycles. The average Bonchev–Trinajstić information content (AvgIpc) is 0.898. The fourth-order valence-corrected chi connectivity index (χ4v) is 12.2. The van der Waals surface area contributed by atoms with Crippen molar-refractivity contribution in [2.45, 2.75) is 329 Å². The molecule has 19 heteroatoms. The van der Waals surface area contributed by atoms with Crippen molar-refractivity contribution in [3.05, 3.63) is 194 Å². The predicted molar refractivity (Wildman–Crippen MR) is 463 cm³/mol. The predicted octanol–water partition coefficient (Wildman–Crippen LogP) is 25.7. The van der Waals surface area contributed by atoms with Gasteiger partial charge in [0, 0.05) is 25.7 Å². The summed E-state index contributed by atoms with van der Waals surface area (Å²) in [5.41, 5.74) is 0. The second-order valence-corrected chi connectivity index (χ2v) is 30.6. The van der Waals surface area contributed by atoms with Gasteiger partial charge in [0.25, 0.3) is 0 Å². The molecule has 0 saturated carbocycles. The monoisotopic (exact) mass is 1600 g/mol. The van der Waals surface area contributed by atoms with Crippen molar-refractivity contribution in [3.63, 3.8) is 0 Å². The van der Waals surface area contributed by atoms with E-state index in [0.29, 0.717) is 38.5 Å². The number of hydrogen-bond acceptors (Lipinski definition) is 15. The first kappa shape index (κ1) is 106. The quantitative estimate of drug-likeness (QED) is 0.0169. The fourth-order valence-electron chi connectivity index (χ4n) is 10.6. The third kappa shape index (κ3) is 81.9. The van der Waals surface area contributed by atoms with Crippen molar-refractivity contribution in [2.24, 2.45) is 0 Å². The van der Waals surface area contributed by atoms with Gasteiger partial charge in [-0.1, -0.05) is 299 Å². The van der Waals surface area contributed by atoms with E-state index in [1.807, 2.05) is 24.3 Å². The summed E-state index contributed by atoms with van der Waals surface area (Å²) in [6.45, 7) is 4.43. The molecule has 0 aromatic carbocycles. The first-order valence-electron chi connectivity index (χ1n) is 42.7. The zero-order chi connectivity index (χ0) is 81.7. The maximum absolute atomic E-state index is 13.2. The smallest absolute Gasteiger partial charge is 0.462 e. The average molecular weight is 1600 g/mol. The molecule has 3 N–H and O–H groups in total. The number of aliphatic hydroxyl groups is 1. The van der Waals surface area contributed by atoms with Crippen molar-refractivity contribution in [2.75, 3.05) is 39.6 Å². The number of carbonyl (C=O) groups is 4. The standard InChI is InChI=1S/C93H150O17P2/c1-5-9-13-17-21-25-29-33-37-41-43-47-50-54-58-62-66-70-74-78-91(96)104-84-89(110-93(98)80-76-72-68-64-60-56-52-48-44-42-38-34-30-26-22-18-14-10-6-2)86-108-112(101,102)106-82-87(94)81-105-111(99,100)107-85-88(109-92(97)79-75-71-67-63-59-55-51-46-40-36-32-28-24-20-16-12-8-4)83-103-90(95)77-73-69-65-61-57-53-49-45-39-35-31-27-23-19-15-11-7-3/h11-12,15-16,21-28,33-40,43-44,47-49,51,53,55,61,63,65,67,87-89,94H,5-10,13-14,17-20,29-32,41-42,45-46,50,52,54,56-60,62,64,66,68-86H2,1-4H3,(H,99,100)(H,101,102)/b15-11-,16-12-,25-21-,26-22-,27-23-,28-24-,37-33-,38-34-,39-35-,40-36-,47-43-,48-44-,53-49-,55-51-,65-61-,67-63-. The zero-order valence-electron chi connectivity index (χ0n) is 69.5. The number of unbranched alkanes of at least 4 members (excludes halogenated alkanes) is 20. The van der Waals surface area contributed by atoms with Crippen LogP contribution in [-0.2, 0) is 65.4 Å². The Morgan fingerprint density at radius 3 is 0.759 bits per heavy atom. The van der Waals surface area contributed by atoms with Gasteiger partial charge in [0.15, 0.2) is 12.2 Å². The summed E-state index contributed by atoms with van der Waals surface area (Å²) in [6, 6.07) is 0. The molecule has 0 amide bonds. The van der Waals surface area contributed by atoms with E-state index in [-0.39, 0.29) is 25.7 Å². The highest BCUT2D eigenvalue weighted by Gasteiger charge is 2.30. The Labute approximate surface area is 678 Å². The molecular weight excluding hydrogens is 1450 g/mol. The molecule has 0 saturated heterocycles. The SMILES string of the molecule is CC/C=C\C/C=C\C/C=C\C/C=C\C/C=C\CCCC(=O)OCC(COP(=O)(O)OCC(O)COP(=O)(O)OCC(COC(=O)CCCCCCCC/C=C\C/C=C\C/C=C\CCCCC)OC(=O)CCCCCCCC/C=C\C/C=C\C/C=C\CCCCC)OC(=O)CCC/C=C\C/C=C\C/C=C\C/C=C\C/C=C\CC. The Morgan fingerprint density at radius 1 is 0.259 bits per heavy atom. The number of phosphoric ester groups is 2. The Hall–Kier alpha value is -6.10. The lowest BCUT2D eigenvalue weighted by molar-refractivity contribution is -0.161. The van der Waals surface area contributed by atoms with Crippen LogP contribution in [0.4, 0.5) is 0 Å². The molecule has 0 rings (SSSR count). The van der Waals surface area contributed by atoms with E-state index in [0.717, 1.165) is 180 Å². The van der Waals surface area contributed by atoms with E-state index in [1.54, 1.807) is 0 Å². The van der Waals surface area contributed by atoms with Gasteiger partial charge < -0.3 is 33.8 Å². The number of allylic oxidation sites excluding steroid dienone is 32. The van der Waals surface area contributed by atoms with Gasteiger partial charge in [-0.25, -0.2) is 9.13 Å². The minimum atomic E-state index is -5.02. The van der Waals surface area contributed by atoms with Crippen LogP contribution in [0.25, 0.3) is 0 Å². The minimum Gasteiger partial charge on any atom is -0.462 e. The summed E-state index contributed by atoms with van der Waals surface area (Å²) in [4.78, 5) is 73.3. The largest absolute Gasteiger partial charge is 0.472 e. The summed E-state index contributed by atoms with van der Waals surface area (Å²) < 4.78 is 68.7. The van der Waals surface area contributed by atoms with Gasteiger partial charge >= 0.3 is 39.5 Å². The molecule has 0 heterocycles.